The number of aromatic nitrogens is 2. The standard InChI is InChI=1S/C17H30N4O2/c1-7-20-12-15(8-18-20)11-19-9-14(3)21(10-13(19)2)16(22)23-17(4,5)6/h8,12-14H,7,9-11H2,1-6H3/t13-,14+/m0/s1. The van der Waals surface area contributed by atoms with E-state index in [0.29, 0.717) is 12.6 Å². The Morgan fingerprint density at radius 2 is 2.00 bits per heavy atom. The van der Waals surface area contributed by atoms with Gasteiger partial charge in [-0.15, -0.1) is 0 Å². The molecule has 0 aliphatic carbocycles. The maximum atomic E-state index is 12.3. The minimum atomic E-state index is -0.452. The van der Waals surface area contributed by atoms with E-state index in [1.807, 2.05) is 36.5 Å². The lowest BCUT2D eigenvalue weighted by molar-refractivity contribution is -0.0117. The van der Waals surface area contributed by atoms with Crippen molar-refractivity contribution in [2.45, 2.75) is 72.3 Å². The summed E-state index contributed by atoms with van der Waals surface area (Å²) >= 11 is 0. The highest BCUT2D eigenvalue weighted by Crippen LogP contribution is 2.20. The van der Waals surface area contributed by atoms with Gasteiger partial charge in [0.05, 0.1) is 6.20 Å². The third-order valence-corrected chi connectivity index (χ3v) is 4.14. The minimum Gasteiger partial charge on any atom is -0.444 e. The molecule has 130 valence electrons. The second-order valence-electron chi connectivity index (χ2n) is 7.46. The zero-order valence-electron chi connectivity index (χ0n) is 15.2. The van der Waals surface area contributed by atoms with Gasteiger partial charge >= 0.3 is 6.09 Å². The van der Waals surface area contributed by atoms with Crippen LogP contribution >= 0.6 is 0 Å². The molecule has 0 saturated carbocycles. The predicted molar refractivity (Wildman–Crippen MR) is 90.2 cm³/mol. The SMILES string of the molecule is CCn1cc(CN2C[C@@H](C)N(C(=O)OC(C)(C)C)C[C@@H]2C)cn1. The zero-order chi connectivity index (χ0) is 17.2. The molecule has 0 aromatic carbocycles. The van der Waals surface area contributed by atoms with Gasteiger partial charge in [-0.1, -0.05) is 0 Å². The summed E-state index contributed by atoms with van der Waals surface area (Å²) in [5.74, 6) is 0. The lowest BCUT2D eigenvalue weighted by Crippen LogP contribution is -2.58. The largest absolute Gasteiger partial charge is 0.444 e. The second-order valence-corrected chi connectivity index (χ2v) is 7.46. The molecule has 2 rings (SSSR count). The number of aryl methyl sites for hydroxylation is 1. The molecule has 1 amide bonds. The molecule has 6 nitrogen and oxygen atoms in total. The number of carbonyl (C=O) groups excluding carboxylic acids is 1. The summed E-state index contributed by atoms with van der Waals surface area (Å²) < 4.78 is 7.47. The molecule has 0 N–H and O–H groups in total. The maximum absolute atomic E-state index is 12.3. The summed E-state index contributed by atoms with van der Waals surface area (Å²) in [6, 6.07) is 0.436. The molecule has 1 aromatic heterocycles. The Morgan fingerprint density at radius 1 is 1.30 bits per heavy atom. The topological polar surface area (TPSA) is 50.6 Å². The van der Waals surface area contributed by atoms with Crippen molar-refractivity contribution in [1.29, 1.82) is 0 Å². The van der Waals surface area contributed by atoms with Crippen LogP contribution in [-0.2, 0) is 17.8 Å². The normalized spacial score (nSPS) is 23.1. The summed E-state index contributed by atoms with van der Waals surface area (Å²) in [4.78, 5) is 16.6. The monoisotopic (exact) mass is 322 g/mol. The van der Waals surface area contributed by atoms with Gasteiger partial charge in [0.1, 0.15) is 5.60 Å². The van der Waals surface area contributed by atoms with Gasteiger partial charge in [-0.2, -0.15) is 5.10 Å². The number of amides is 1. The van der Waals surface area contributed by atoms with E-state index in [4.69, 9.17) is 4.74 Å². The summed E-state index contributed by atoms with van der Waals surface area (Å²) in [7, 11) is 0. The van der Waals surface area contributed by atoms with Crippen LogP contribution in [0.3, 0.4) is 0 Å². The van der Waals surface area contributed by atoms with Crippen molar-refractivity contribution in [3.63, 3.8) is 0 Å². The number of hydrogen-bond acceptors (Lipinski definition) is 4. The van der Waals surface area contributed by atoms with Crippen LogP contribution in [0.5, 0.6) is 0 Å². The van der Waals surface area contributed by atoms with E-state index in [1.54, 1.807) is 0 Å². The Kier molecular flexibility index (Phi) is 5.34. The number of ether oxygens (including phenoxy) is 1. The van der Waals surface area contributed by atoms with Crippen molar-refractivity contribution in [3.05, 3.63) is 18.0 Å². The van der Waals surface area contributed by atoms with Crippen molar-refractivity contribution in [3.8, 4) is 0 Å². The fourth-order valence-corrected chi connectivity index (χ4v) is 2.89. The first kappa shape index (κ1) is 17.8. The van der Waals surface area contributed by atoms with Gasteiger partial charge in [0.2, 0.25) is 0 Å². The van der Waals surface area contributed by atoms with Crippen molar-refractivity contribution in [1.82, 2.24) is 19.6 Å². The van der Waals surface area contributed by atoms with E-state index < -0.39 is 5.60 Å². The van der Waals surface area contributed by atoms with Crippen LogP contribution in [0.15, 0.2) is 12.4 Å². The van der Waals surface area contributed by atoms with Crippen molar-refractivity contribution in [2.24, 2.45) is 0 Å². The third kappa shape index (κ3) is 4.70. The van der Waals surface area contributed by atoms with Crippen molar-refractivity contribution >= 4 is 6.09 Å². The molecule has 0 spiro atoms. The molecule has 6 heteroatoms. The third-order valence-electron chi connectivity index (χ3n) is 4.14. The molecule has 1 aliphatic heterocycles. The number of nitrogens with zero attached hydrogens (tertiary/aromatic N) is 4. The van der Waals surface area contributed by atoms with Crippen LogP contribution < -0.4 is 0 Å². The molecule has 2 heterocycles. The fraction of sp³-hybridized carbons (Fsp3) is 0.765. The van der Waals surface area contributed by atoms with Crippen LogP contribution in [0.25, 0.3) is 0 Å². The predicted octanol–water partition coefficient (Wildman–Crippen LogP) is 2.73. The zero-order valence-corrected chi connectivity index (χ0v) is 15.2. The van der Waals surface area contributed by atoms with E-state index >= 15 is 0 Å². The van der Waals surface area contributed by atoms with Gasteiger partial charge in [-0.05, 0) is 41.5 Å². The molecule has 1 fully saturated rings. The Labute approximate surface area is 139 Å². The summed E-state index contributed by atoms with van der Waals surface area (Å²) in [5.41, 5.74) is 0.767. The van der Waals surface area contributed by atoms with E-state index in [0.717, 1.165) is 19.6 Å². The molecule has 0 unspecified atom stereocenters. The molecule has 1 saturated heterocycles. The van der Waals surface area contributed by atoms with Gasteiger partial charge < -0.3 is 9.64 Å². The quantitative estimate of drug-likeness (QED) is 0.858. The molecular formula is C17H30N4O2. The van der Waals surface area contributed by atoms with Crippen LogP contribution in [0, 0.1) is 0 Å². The summed E-state index contributed by atoms with van der Waals surface area (Å²) in [6.45, 7) is 15.3. The molecule has 1 aliphatic rings. The first-order chi connectivity index (χ1) is 10.7. The van der Waals surface area contributed by atoms with Gasteiger partial charge in [0.25, 0.3) is 0 Å². The molecule has 1 aromatic rings. The Morgan fingerprint density at radius 3 is 2.57 bits per heavy atom. The molecular weight excluding hydrogens is 292 g/mol. The second kappa shape index (κ2) is 6.91. The minimum absolute atomic E-state index is 0.141. The molecule has 0 radical (unpaired) electrons. The van der Waals surface area contributed by atoms with Gasteiger partial charge in [-0.25, -0.2) is 4.79 Å². The lowest BCUT2D eigenvalue weighted by atomic mass is 10.1. The van der Waals surface area contributed by atoms with Crippen LogP contribution in [0.2, 0.25) is 0 Å². The van der Waals surface area contributed by atoms with Crippen LogP contribution in [0.1, 0.15) is 47.1 Å². The summed E-state index contributed by atoms with van der Waals surface area (Å²) in [6.07, 6.45) is 3.81. The lowest BCUT2D eigenvalue weighted by Gasteiger charge is -2.44. The number of piperazine rings is 1. The highest BCUT2D eigenvalue weighted by Gasteiger charge is 2.34. The highest BCUT2D eigenvalue weighted by molar-refractivity contribution is 5.68. The van der Waals surface area contributed by atoms with Crippen molar-refractivity contribution in [2.75, 3.05) is 13.1 Å². The van der Waals surface area contributed by atoms with E-state index in [9.17, 15) is 4.79 Å². The van der Waals surface area contributed by atoms with E-state index in [2.05, 4.69) is 37.0 Å². The Balaban J connectivity index is 1.97. The smallest absolute Gasteiger partial charge is 0.410 e. The fourth-order valence-electron chi connectivity index (χ4n) is 2.89. The molecule has 0 bridgehead atoms. The molecule has 23 heavy (non-hydrogen) atoms. The van der Waals surface area contributed by atoms with Gasteiger partial charge in [0, 0.05) is 50.0 Å². The average Bonchev–Trinajstić information content (AvgIpc) is 2.88. The Hall–Kier alpha value is -1.56. The van der Waals surface area contributed by atoms with Gasteiger partial charge in [0.15, 0.2) is 0 Å². The molecule has 2 atom stereocenters. The first-order valence-corrected chi connectivity index (χ1v) is 8.44. The average molecular weight is 322 g/mol. The van der Waals surface area contributed by atoms with E-state index in [1.165, 1.54) is 5.56 Å². The highest BCUT2D eigenvalue weighted by atomic mass is 16.6. The van der Waals surface area contributed by atoms with Crippen molar-refractivity contribution < 1.29 is 9.53 Å². The van der Waals surface area contributed by atoms with Gasteiger partial charge in [-0.3, -0.25) is 9.58 Å². The number of carbonyl (C=O) groups is 1. The number of hydrogen-bond donors (Lipinski definition) is 0. The first-order valence-electron chi connectivity index (χ1n) is 8.44. The number of rotatable bonds is 3. The van der Waals surface area contributed by atoms with Crippen LogP contribution in [-0.4, -0.2) is 56.4 Å². The Bertz CT molecular complexity index is 535. The van der Waals surface area contributed by atoms with Crippen LogP contribution in [0.4, 0.5) is 4.79 Å². The van der Waals surface area contributed by atoms with E-state index in [-0.39, 0.29) is 12.1 Å². The maximum Gasteiger partial charge on any atom is 0.410 e. The summed E-state index contributed by atoms with van der Waals surface area (Å²) in [5, 5.41) is 4.33.